The molecule has 9 heavy (non-hydrogen) atoms. The third-order valence-corrected chi connectivity index (χ3v) is 1.03. The van der Waals surface area contributed by atoms with Crippen molar-refractivity contribution >= 4 is 18.2 Å². The fourth-order valence-corrected chi connectivity index (χ4v) is 0.303. The normalized spacial score (nSPS) is 14.3. The molecule has 0 radical (unpaired) electrons. The lowest BCUT2D eigenvalue weighted by atomic mass is 10.4. The molecule has 2 N–H and O–H groups in total. The summed E-state index contributed by atoms with van der Waals surface area (Å²) in [6.45, 7) is 1.85. The Balaban J connectivity index is 0. The maximum Gasteiger partial charge on any atom is 0.123 e. The summed E-state index contributed by atoms with van der Waals surface area (Å²) in [6.07, 6.45) is -0.0556. The highest BCUT2D eigenvalue weighted by Crippen LogP contribution is 1.84. The second-order valence-electron chi connectivity index (χ2n) is 1.53. The molecule has 0 bridgehead atoms. The van der Waals surface area contributed by atoms with Crippen molar-refractivity contribution < 1.29 is 4.74 Å². The summed E-state index contributed by atoms with van der Waals surface area (Å²) in [5.74, 6) is 0.535. The van der Waals surface area contributed by atoms with Gasteiger partial charge in [-0.1, -0.05) is 0 Å². The highest BCUT2D eigenvalue weighted by atomic mass is 35.5. The molecule has 0 amide bonds. The van der Waals surface area contributed by atoms with Crippen LogP contribution in [0.2, 0.25) is 0 Å². The second kappa shape index (κ2) is 5.85. The average molecular weight is 153 g/mol. The van der Waals surface area contributed by atoms with Crippen molar-refractivity contribution in [2.75, 3.05) is 14.2 Å². The number of rotatable bonds is 2. The van der Waals surface area contributed by atoms with Crippen LogP contribution in [0.1, 0.15) is 6.92 Å². The van der Waals surface area contributed by atoms with Crippen molar-refractivity contribution in [1.82, 2.24) is 0 Å². The lowest BCUT2D eigenvalue weighted by molar-refractivity contribution is 0.169. The van der Waals surface area contributed by atoms with Gasteiger partial charge in [0, 0.05) is 14.2 Å². The Hall–Kier alpha value is -0.280. The fourth-order valence-electron chi connectivity index (χ4n) is 0.303. The van der Waals surface area contributed by atoms with Gasteiger partial charge in [-0.25, -0.2) is 0 Å². The van der Waals surface area contributed by atoms with E-state index >= 15 is 0 Å². The topological polar surface area (TPSA) is 47.6 Å². The Morgan fingerprint density at radius 2 is 2.11 bits per heavy atom. The smallest absolute Gasteiger partial charge is 0.123 e. The lowest BCUT2D eigenvalue weighted by Gasteiger charge is -2.05. The van der Waals surface area contributed by atoms with Gasteiger partial charge in [-0.15, -0.1) is 12.4 Å². The summed E-state index contributed by atoms with van der Waals surface area (Å²) in [6, 6.07) is 0. The van der Waals surface area contributed by atoms with Crippen molar-refractivity contribution in [2.45, 2.75) is 13.0 Å². The summed E-state index contributed by atoms with van der Waals surface area (Å²) in [4.78, 5) is 3.73. The molecule has 1 atom stereocenters. The molecule has 56 valence electrons. The largest absolute Gasteiger partial charge is 0.385 e. The monoisotopic (exact) mass is 152 g/mol. The van der Waals surface area contributed by atoms with E-state index in [1.807, 2.05) is 6.92 Å². The van der Waals surface area contributed by atoms with Crippen LogP contribution in [0, 0.1) is 0 Å². The minimum Gasteiger partial charge on any atom is -0.385 e. The van der Waals surface area contributed by atoms with E-state index in [2.05, 4.69) is 4.99 Å². The van der Waals surface area contributed by atoms with E-state index in [1.54, 1.807) is 14.2 Å². The third kappa shape index (κ3) is 4.24. The molecule has 0 saturated carbocycles. The first-order chi connectivity index (χ1) is 3.72. The molecule has 0 rings (SSSR count). The number of nitrogens with two attached hydrogens (primary N) is 1. The summed E-state index contributed by atoms with van der Waals surface area (Å²) in [7, 11) is 3.24. The van der Waals surface area contributed by atoms with Crippen LogP contribution in [0.25, 0.3) is 0 Å². The summed E-state index contributed by atoms with van der Waals surface area (Å²) >= 11 is 0. The van der Waals surface area contributed by atoms with Gasteiger partial charge in [0.2, 0.25) is 0 Å². The van der Waals surface area contributed by atoms with Gasteiger partial charge in [-0.3, -0.25) is 4.99 Å². The predicted octanol–water partition coefficient (Wildman–Crippen LogP) is 0.430. The maximum atomic E-state index is 5.35. The van der Waals surface area contributed by atoms with Crippen molar-refractivity contribution in [3.8, 4) is 0 Å². The number of methoxy groups -OCH3 is 1. The minimum atomic E-state index is -0.0556. The summed E-state index contributed by atoms with van der Waals surface area (Å²) in [5.41, 5.74) is 5.35. The number of hydrogen-bond acceptors (Lipinski definition) is 2. The van der Waals surface area contributed by atoms with Crippen LogP contribution in [0.4, 0.5) is 0 Å². The van der Waals surface area contributed by atoms with Crippen LogP contribution in [0.5, 0.6) is 0 Å². The van der Waals surface area contributed by atoms with Crippen LogP contribution in [0.15, 0.2) is 4.99 Å². The number of aliphatic imine (C=N–C) groups is 1. The molecule has 0 spiro atoms. The van der Waals surface area contributed by atoms with Crippen molar-refractivity contribution in [1.29, 1.82) is 0 Å². The number of ether oxygens (including phenoxy) is 1. The Morgan fingerprint density at radius 3 is 2.22 bits per heavy atom. The zero-order valence-electron chi connectivity index (χ0n) is 5.92. The van der Waals surface area contributed by atoms with Crippen LogP contribution in [-0.4, -0.2) is 26.1 Å². The van der Waals surface area contributed by atoms with Crippen LogP contribution in [0.3, 0.4) is 0 Å². The first-order valence-corrected chi connectivity index (χ1v) is 2.47. The fraction of sp³-hybridized carbons (Fsp3) is 0.800. The summed E-state index contributed by atoms with van der Waals surface area (Å²) < 4.78 is 4.85. The van der Waals surface area contributed by atoms with Crippen LogP contribution in [-0.2, 0) is 4.74 Å². The molecule has 0 aliphatic heterocycles. The van der Waals surface area contributed by atoms with Gasteiger partial charge in [-0.2, -0.15) is 0 Å². The van der Waals surface area contributed by atoms with Crippen LogP contribution < -0.4 is 5.73 Å². The minimum absolute atomic E-state index is 0. The van der Waals surface area contributed by atoms with Crippen molar-refractivity contribution in [3.05, 3.63) is 0 Å². The molecule has 0 heterocycles. The highest BCUT2D eigenvalue weighted by molar-refractivity contribution is 5.85. The Kier molecular flexibility index (Phi) is 7.48. The Bertz CT molecular complexity index is 95.0. The molecule has 3 nitrogen and oxygen atoms in total. The predicted molar refractivity (Wildman–Crippen MR) is 41.3 cm³/mol. The van der Waals surface area contributed by atoms with E-state index in [0.29, 0.717) is 5.84 Å². The Morgan fingerprint density at radius 1 is 1.67 bits per heavy atom. The SMILES string of the molecule is CN=C(N)C(C)OC.Cl. The van der Waals surface area contributed by atoms with Gasteiger partial charge >= 0.3 is 0 Å². The zero-order valence-corrected chi connectivity index (χ0v) is 6.73. The first-order valence-electron chi connectivity index (χ1n) is 2.47. The highest BCUT2D eigenvalue weighted by Gasteiger charge is 2.00. The molecule has 0 aromatic heterocycles. The summed E-state index contributed by atoms with van der Waals surface area (Å²) in [5, 5.41) is 0. The van der Waals surface area contributed by atoms with Gasteiger partial charge < -0.3 is 10.5 Å². The van der Waals surface area contributed by atoms with Crippen molar-refractivity contribution in [2.24, 2.45) is 10.7 Å². The van der Waals surface area contributed by atoms with E-state index in [0.717, 1.165) is 0 Å². The molecular formula is C5H13ClN2O. The molecule has 0 fully saturated rings. The van der Waals surface area contributed by atoms with E-state index in [9.17, 15) is 0 Å². The van der Waals surface area contributed by atoms with E-state index in [4.69, 9.17) is 10.5 Å². The van der Waals surface area contributed by atoms with Gasteiger partial charge in [0.1, 0.15) is 11.9 Å². The van der Waals surface area contributed by atoms with Gasteiger partial charge in [0.25, 0.3) is 0 Å². The molecule has 0 aliphatic rings. The third-order valence-electron chi connectivity index (χ3n) is 1.03. The van der Waals surface area contributed by atoms with Gasteiger partial charge in [-0.05, 0) is 6.92 Å². The molecule has 4 heteroatoms. The molecule has 1 unspecified atom stereocenters. The number of amidine groups is 1. The molecule has 0 aromatic carbocycles. The molecule has 0 saturated heterocycles. The Labute approximate surface area is 61.7 Å². The lowest BCUT2D eigenvalue weighted by Crippen LogP contribution is -2.27. The average Bonchev–Trinajstić information content (AvgIpc) is 1.84. The zero-order chi connectivity index (χ0) is 6.57. The van der Waals surface area contributed by atoms with E-state index in [-0.39, 0.29) is 18.5 Å². The van der Waals surface area contributed by atoms with Gasteiger partial charge in [0.05, 0.1) is 0 Å². The van der Waals surface area contributed by atoms with E-state index in [1.165, 1.54) is 0 Å². The number of hydrogen-bond donors (Lipinski definition) is 1. The number of halogens is 1. The molecule has 0 aromatic rings. The number of nitrogens with zero attached hydrogens (tertiary/aromatic N) is 1. The van der Waals surface area contributed by atoms with Crippen LogP contribution >= 0.6 is 12.4 Å². The van der Waals surface area contributed by atoms with Gasteiger partial charge in [0.15, 0.2) is 0 Å². The first kappa shape index (κ1) is 11.5. The van der Waals surface area contributed by atoms with Crippen molar-refractivity contribution in [3.63, 3.8) is 0 Å². The molecular weight excluding hydrogens is 140 g/mol. The molecule has 0 aliphatic carbocycles. The maximum absolute atomic E-state index is 5.35. The standard InChI is InChI=1S/C5H12N2O.ClH/c1-4(8-3)5(6)7-2;/h4H,1-3H3,(H2,6,7);1H. The van der Waals surface area contributed by atoms with E-state index < -0.39 is 0 Å². The second-order valence-corrected chi connectivity index (χ2v) is 1.53. The quantitative estimate of drug-likeness (QED) is 0.461.